The highest BCUT2D eigenvalue weighted by molar-refractivity contribution is 5.97. The maximum absolute atomic E-state index is 11.7. The number of carbonyl (C=O) groups excluding carboxylic acids is 2. The van der Waals surface area contributed by atoms with Crippen molar-refractivity contribution < 1.29 is 19.2 Å². The molecule has 156 valence electrons. The number of ketones is 1. The van der Waals surface area contributed by atoms with Crippen LogP contribution in [0.1, 0.15) is 18.9 Å². The summed E-state index contributed by atoms with van der Waals surface area (Å²) in [5.41, 5.74) is 8.87. The van der Waals surface area contributed by atoms with Gasteiger partial charge in [0.1, 0.15) is 18.4 Å². The Morgan fingerprint density at radius 3 is 2.28 bits per heavy atom. The lowest BCUT2D eigenvalue weighted by Gasteiger charge is -2.14. The standard InChI is InChI=1S/C21H25N3O4.ClH/c1-15(25)19(23-13-12-20(26)27-2)14-28-24-21(22)18-10-8-17(9-11-18)16-6-4-3-5-7-16;/h3-11,19,23H,12-14H2,1-2H3,(H2,22,24);1H. The van der Waals surface area contributed by atoms with Crippen molar-refractivity contribution in [1.29, 1.82) is 0 Å². The van der Waals surface area contributed by atoms with E-state index in [4.69, 9.17) is 10.6 Å². The van der Waals surface area contributed by atoms with Gasteiger partial charge in [0.15, 0.2) is 5.84 Å². The predicted molar refractivity (Wildman–Crippen MR) is 115 cm³/mol. The Labute approximate surface area is 176 Å². The molecule has 3 N–H and O–H groups in total. The Bertz CT molecular complexity index is 810. The molecule has 0 radical (unpaired) electrons. The lowest BCUT2D eigenvalue weighted by Crippen LogP contribution is -2.40. The second kappa shape index (κ2) is 12.5. The van der Waals surface area contributed by atoms with Crippen molar-refractivity contribution in [3.63, 3.8) is 0 Å². The van der Waals surface area contributed by atoms with Crippen LogP contribution >= 0.6 is 12.4 Å². The van der Waals surface area contributed by atoms with Gasteiger partial charge in [0, 0.05) is 12.1 Å². The van der Waals surface area contributed by atoms with Crippen molar-refractivity contribution in [3.8, 4) is 11.1 Å². The van der Waals surface area contributed by atoms with E-state index in [-0.39, 0.29) is 43.0 Å². The minimum absolute atomic E-state index is 0. The van der Waals surface area contributed by atoms with Gasteiger partial charge in [-0.15, -0.1) is 12.4 Å². The molecule has 0 amide bonds. The third-order valence-electron chi connectivity index (χ3n) is 4.13. The molecule has 0 bridgehead atoms. The normalized spacial score (nSPS) is 11.9. The number of ether oxygens (including phenoxy) is 1. The van der Waals surface area contributed by atoms with Crippen LogP contribution in [0.15, 0.2) is 59.8 Å². The van der Waals surface area contributed by atoms with Crippen molar-refractivity contribution in [2.75, 3.05) is 20.3 Å². The molecular formula is C21H26ClN3O4. The molecule has 1 unspecified atom stereocenters. The fourth-order valence-electron chi connectivity index (χ4n) is 2.47. The van der Waals surface area contributed by atoms with Gasteiger partial charge in [-0.2, -0.15) is 0 Å². The fraction of sp³-hybridized carbons (Fsp3) is 0.286. The van der Waals surface area contributed by atoms with Gasteiger partial charge in [-0.3, -0.25) is 9.59 Å². The Kier molecular flexibility index (Phi) is 10.4. The number of hydrogen-bond donors (Lipinski definition) is 2. The van der Waals surface area contributed by atoms with E-state index in [1.54, 1.807) is 0 Å². The van der Waals surface area contributed by atoms with Crippen LogP contribution in [-0.2, 0) is 19.2 Å². The van der Waals surface area contributed by atoms with Gasteiger partial charge in [-0.1, -0.05) is 59.8 Å². The molecule has 29 heavy (non-hydrogen) atoms. The molecule has 0 saturated heterocycles. The first-order chi connectivity index (χ1) is 13.5. The SMILES string of the molecule is COC(=O)CCNC(CON=C(N)c1ccc(-c2ccccc2)cc1)C(C)=O.Cl. The lowest BCUT2D eigenvalue weighted by molar-refractivity contribution is -0.140. The lowest BCUT2D eigenvalue weighted by atomic mass is 10.0. The summed E-state index contributed by atoms with van der Waals surface area (Å²) in [4.78, 5) is 28.0. The molecule has 0 spiro atoms. The topological polar surface area (TPSA) is 103 Å². The molecule has 8 heteroatoms. The smallest absolute Gasteiger partial charge is 0.306 e. The monoisotopic (exact) mass is 419 g/mol. The molecule has 0 aliphatic heterocycles. The van der Waals surface area contributed by atoms with Crippen LogP contribution in [0.5, 0.6) is 0 Å². The second-order valence-corrected chi connectivity index (χ2v) is 6.16. The van der Waals surface area contributed by atoms with Gasteiger partial charge in [-0.25, -0.2) is 0 Å². The zero-order valence-corrected chi connectivity index (χ0v) is 17.3. The predicted octanol–water partition coefficient (Wildman–Crippen LogP) is 2.52. The first-order valence-corrected chi connectivity index (χ1v) is 8.93. The maximum atomic E-state index is 11.7. The molecule has 1 atom stereocenters. The Morgan fingerprint density at radius 2 is 1.69 bits per heavy atom. The number of amidine groups is 1. The largest absolute Gasteiger partial charge is 0.469 e. The van der Waals surface area contributed by atoms with E-state index in [1.807, 2.05) is 54.6 Å². The summed E-state index contributed by atoms with van der Waals surface area (Å²) in [7, 11) is 1.32. The number of methoxy groups -OCH3 is 1. The average molecular weight is 420 g/mol. The molecule has 7 nitrogen and oxygen atoms in total. The van der Waals surface area contributed by atoms with Gasteiger partial charge in [0.25, 0.3) is 0 Å². The van der Waals surface area contributed by atoms with E-state index < -0.39 is 6.04 Å². The number of halogens is 1. The van der Waals surface area contributed by atoms with Gasteiger partial charge in [0.05, 0.1) is 13.5 Å². The van der Waals surface area contributed by atoms with Crippen LogP contribution in [-0.4, -0.2) is 43.9 Å². The van der Waals surface area contributed by atoms with Crippen LogP contribution < -0.4 is 11.1 Å². The number of benzene rings is 2. The number of Topliss-reactive ketones (excluding diaryl/α,β-unsaturated/α-hetero) is 1. The summed E-state index contributed by atoms with van der Waals surface area (Å²) in [6, 6.07) is 17.1. The van der Waals surface area contributed by atoms with Crippen molar-refractivity contribution in [2.24, 2.45) is 10.9 Å². The van der Waals surface area contributed by atoms with Crippen LogP contribution in [0.2, 0.25) is 0 Å². The molecule has 2 aromatic rings. The highest BCUT2D eigenvalue weighted by Crippen LogP contribution is 2.19. The number of esters is 1. The van der Waals surface area contributed by atoms with E-state index >= 15 is 0 Å². The minimum Gasteiger partial charge on any atom is -0.469 e. The van der Waals surface area contributed by atoms with E-state index in [2.05, 4.69) is 15.2 Å². The van der Waals surface area contributed by atoms with Crippen LogP contribution in [0.3, 0.4) is 0 Å². The summed E-state index contributed by atoms with van der Waals surface area (Å²) in [6.45, 7) is 1.76. The van der Waals surface area contributed by atoms with Crippen LogP contribution in [0.4, 0.5) is 0 Å². The molecule has 0 aliphatic rings. The summed E-state index contributed by atoms with van der Waals surface area (Å²) in [5, 5.41) is 6.83. The van der Waals surface area contributed by atoms with E-state index in [0.29, 0.717) is 6.54 Å². The number of nitrogens with two attached hydrogens (primary N) is 1. The fourth-order valence-corrected chi connectivity index (χ4v) is 2.47. The number of hydrogen-bond acceptors (Lipinski definition) is 6. The maximum Gasteiger partial charge on any atom is 0.306 e. The Hall–Kier alpha value is -2.90. The minimum atomic E-state index is -0.582. The summed E-state index contributed by atoms with van der Waals surface area (Å²) in [5.74, 6) is -0.251. The van der Waals surface area contributed by atoms with Crippen LogP contribution in [0.25, 0.3) is 11.1 Å². The molecule has 0 fully saturated rings. The van der Waals surface area contributed by atoms with E-state index in [0.717, 1.165) is 16.7 Å². The molecule has 2 rings (SSSR count). The first-order valence-electron chi connectivity index (χ1n) is 8.93. The number of nitrogens with one attached hydrogen (secondary N) is 1. The van der Waals surface area contributed by atoms with E-state index in [9.17, 15) is 9.59 Å². The van der Waals surface area contributed by atoms with Gasteiger partial charge < -0.3 is 20.6 Å². The highest BCUT2D eigenvalue weighted by Gasteiger charge is 2.15. The highest BCUT2D eigenvalue weighted by atomic mass is 35.5. The van der Waals surface area contributed by atoms with Gasteiger partial charge in [-0.05, 0) is 18.1 Å². The Balaban J connectivity index is 0.00000420. The number of rotatable bonds is 10. The zero-order chi connectivity index (χ0) is 20.4. The third-order valence-corrected chi connectivity index (χ3v) is 4.13. The van der Waals surface area contributed by atoms with Crippen LogP contribution in [0, 0.1) is 0 Å². The summed E-state index contributed by atoms with van der Waals surface area (Å²) >= 11 is 0. The Morgan fingerprint density at radius 1 is 1.07 bits per heavy atom. The van der Waals surface area contributed by atoms with Gasteiger partial charge in [0.2, 0.25) is 0 Å². The first kappa shape index (κ1) is 24.1. The van der Waals surface area contributed by atoms with Crippen molar-refractivity contribution >= 4 is 30.0 Å². The van der Waals surface area contributed by atoms with Crippen molar-refractivity contribution in [3.05, 3.63) is 60.2 Å². The molecular weight excluding hydrogens is 394 g/mol. The van der Waals surface area contributed by atoms with Gasteiger partial charge >= 0.3 is 5.97 Å². The average Bonchev–Trinajstić information content (AvgIpc) is 2.72. The van der Waals surface area contributed by atoms with Crippen molar-refractivity contribution in [2.45, 2.75) is 19.4 Å². The zero-order valence-electron chi connectivity index (χ0n) is 16.5. The summed E-state index contributed by atoms with van der Waals surface area (Å²) < 4.78 is 4.56. The quantitative estimate of drug-likeness (QED) is 0.265. The second-order valence-electron chi connectivity index (χ2n) is 6.16. The summed E-state index contributed by atoms with van der Waals surface area (Å²) in [6.07, 6.45) is 0.166. The molecule has 2 aromatic carbocycles. The molecule has 0 aliphatic carbocycles. The van der Waals surface area contributed by atoms with E-state index in [1.165, 1.54) is 14.0 Å². The number of carbonyl (C=O) groups is 2. The third kappa shape index (κ3) is 7.93. The number of nitrogens with zero attached hydrogens (tertiary/aromatic N) is 1. The molecule has 0 heterocycles. The molecule has 0 saturated carbocycles. The number of oxime groups is 1. The van der Waals surface area contributed by atoms with Crippen molar-refractivity contribution in [1.82, 2.24) is 5.32 Å². The molecule has 0 aromatic heterocycles.